The molecule has 0 fully saturated rings. The first kappa shape index (κ1) is 21.7. The number of hydrogen-bond acceptors (Lipinski definition) is 5. The molecule has 0 bridgehead atoms. The van der Waals surface area contributed by atoms with E-state index >= 15 is 0 Å². The number of benzene rings is 2. The van der Waals surface area contributed by atoms with Gasteiger partial charge in [-0.2, -0.15) is 0 Å². The maximum Gasteiger partial charge on any atom is 0.338 e. The molecule has 2 rings (SSSR count). The molecule has 28 heavy (non-hydrogen) atoms. The predicted molar refractivity (Wildman–Crippen MR) is 110 cm³/mol. The lowest BCUT2D eigenvalue weighted by Gasteiger charge is -2.24. The van der Waals surface area contributed by atoms with E-state index in [-0.39, 0.29) is 0 Å². The van der Waals surface area contributed by atoms with Crippen molar-refractivity contribution in [3.63, 3.8) is 0 Å². The van der Waals surface area contributed by atoms with Crippen LogP contribution in [0.4, 0.5) is 11.4 Å². The van der Waals surface area contributed by atoms with Crippen molar-refractivity contribution in [1.82, 2.24) is 0 Å². The summed E-state index contributed by atoms with van der Waals surface area (Å²) in [5.41, 5.74) is 2.22. The van der Waals surface area contributed by atoms with E-state index in [2.05, 4.69) is 5.32 Å². The second kappa shape index (κ2) is 8.62. The summed E-state index contributed by atoms with van der Waals surface area (Å²) >= 11 is 5.93. The van der Waals surface area contributed by atoms with E-state index in [0.29, 0.717) is 33.1 Å². The van der Waals surface area contributed by atoms with Crippen molar-refractivity contribution in [3.05, 3.63) is 58.1 Å². The molecule has 0 saturated heterocycles. The molecular formula is C19H21ClN2O5S. The van der Waals surface area contributed by atoms with Gasteiger partial charge in [0, 0.05) is 10.7 Å². The Bertz CT molecular complexity index is 1020. The summed E-state index contributed by atoms with van der Waals surface area (Å²) in [6, 6.07) is 9.54. The van der Waals surface area contributed by atoms with Crippen molar-refractivity contribution >= 4 is 44.9 Å². The average Bonchev–Trinajstić information content (AvgIpc) is 2.60. The number of esters is 1. The molecule has 0 aliphatic carbocycles. The zero-order chi connectivity index (χ0) is 21.1. The Labute approximate surface area is 169 Å². The molecule has 9 heteroatoms. The lowest BCUT2D eigenvalue weighted by atomic mass is 10.1. The van der Waals surface area contributed by atoms with E-state index < -0.39 is 28.4 Å². The second-order valence-electron chi connectivity index (χ2n) is 6.22. The number of aryl methyl sites for hydroxylation is 1. The summed E-state index contributed by atoms with van der Waals surface area (Å²) in [5, 5.41) is 3.12. The van der Waals surface area contributed by atoms with Gasteiger partial charge in [0.1, 0.15) is 6.54 Å². The van der Waals surface area contributed by atoms with Crippen molar-refractivity contribution in [3.8, 4) is 0 Å². The van der Waals surface area contributed by atoms with Gasteiger partial charge < -0.3 is 10.1 Å². The van der Waals surface area contributed by atoms with E-state index in [9.17, 15) is 18.0 Å². The minimum absolute atomic E-state index is 0.314. The highest BCUT2D eigenvalue weighted by Gasteiger charge is 2.23. The minimum atomic E-state index is -3.72. The van der Waals surface area contributed by atoms with Crippen LogP contribution in [-0.2, 0) is 19.6 Å². The van der Waals surface area contributed by atoms with Gasteiger partial charge in [0.2, 0.25) is 15.9 Å². The second-order valence-corrected chi connectivity index (χ2v) is 8.56. The van der Waals surface area contributed by atoms with E-state index in [1.54, 1.807) is 50.2 Å². The summed E-state index contributed by atoms with van der Waals surface area (Å²) in [5.74, 6) is -1.08. The molecule has 0 unspecified atom stereocenters. The monoisotopic (exact) mass is 424 g/mol. The zero-order valence-electron chi connectivity index (χ0n) is 15.9. The van der Waals surface area contributed by atoms with Gasteiger partial charge in [-0.1, -0.05) is 17.7 Å². The fourth-order valence-electron chi connectivity index (χ4n) is 2.70. The van der Waals surface area contributed by atoms with Crippen LogP contribution in [0.15, 0.2) is 36.4 Å². The third kappa shape index (κ3) is 5.02. The first-order valence-corrected chi connectivity index (χ1v) is 10.5. The first-order chi connectivity index (χ1) is 13.0. The molecule has 0 spiro atoms. The standard InChI is InChI=1S/C19H21ClN2O5S/c1-12-10-14(20)8-9-17(12)22(28(4,25)26)11-18(23)21-16-7-5-6-15(13(16)2)19(24)27-3/h5-10H,11H2,1-4H3,(H,21,23). The molecule has 0 heterocycles. The van der Waals surface area contributed by atoms with Gasteiger partial charge >= 0.3 is 5.97 Å². The van der Waals surface area contributed by atoms with Gasteiger partial charge in [0.25, 0.3) is 0 Å². The quantitative estimate of drug-likeness (QED) is 0.719. The van der Waals surface area contributed by atoms with E-state index in [0.717, 1.165) is 10.6 Å². The van der Waals surface area contributed by atoms with Gasteiger partial charge in [-0.05, 0) is 55.3 Å². The summed E-state index contributed by atoms with van der Waals surface area (Å²) in [6.45, 7) is 2.95. The Morgan fingerprint density at radius 1 is 1.18 bits per heavy atom. The SMILES string of the molecule is COC(=O)c1cccc(NC(=O)CN(c2ccc(Cl)cc2C)S(C)(=O)=O)c1C. The normalized spacial score (nSPS) is 11.0. The number of carbonyl (C=O) groups is 2. The maximum absolute atomic E-state index is 12.6. The van der Waals surface area contributed by atoms with E-state index in [4.69, 9.17) is 16.3 Å². The molecule has 0 atom stereocenters. The summed E-state index contributed by atoms with van der Waals surface area (Å²) in [7, 11) is -2.45. The topological polar surface area (TPSA) is 92.8 Å². The van der Waals surface area contributed by atoms with Crippen molar-refractivity contribution in [2.75, 3.05) is 29.5 Å². The molecular weight excluding hydrogens is 404 g/mol. The Morgan fingerprint density at radius 2 is 1.86 bits per heavy atom. The molecule has 7 nitrogen and oxygen atoms in total. The Balaban J connectivity index is 2.30. The Morgan fingerprint density at radius 3 is 2.43 bits per heavy atom. The Kier molecular flexibility index (Phi) is 6.69. The highest BCUT2D eigenvalue weighted by molar-refractivity contribution is 7.92. The zero-order valence-corrected chi connectivity index (χ0v) is 17.5. The number of methoxy groups -OCH3 is 1. The number of amides is 1. The Hall–Kier alpha value is -2.58. The van der Waals surface area contributed by atoms with Crippen LogP contribution in [0.1, 0.15) is 21.5 Å². The van der Waals surface area contributed by atoms with Crippen LogP contribution >= 0.6 is 11.6 Å². The number of halogens is 1. The van der Waals surface area contributed by atoms with Crippen molar-refractivity contribution < 1.29 is 22.7 Å². The van der Waals surface area contributed by atoms with Crippen molar-refractivity contribution in [1.29, 1.82) is 0 Å². The molecule has 2 aromatic rings. The molecule has 1 N–H and O–H groups in total. The van der Waals surface area contributed by atoms with Gasteiger partial charge in [0.05, 0.1) is 24.6 Å². The number of rotatable bonds is 6. The van der Waals surface area contributed by atoms with Crippen LogP contribution in [0.5, 0.6) is 0 Å². The summed E-state index contributed by atoms with van der Waals surface area (Å²) in [6.07, 6.45) is 1.03. The molecule has 0 radical (unpaired) electrons. The molecule has 2 aromatic carbocycles. The highest BCUT2D eigenvalue weighted by atomic mass is 35.5. The van der Waals surface area contributed by atoms with Crippen LogP contribution in [-0.4, -0.2) is 40.2 Å². The molecule has 0 aliphatic heterocycles. The minimum Gasteiger partial charge on any atom is -0.465 e. The first-order valence-electron chi connectivity index (χ1n) is 8.26. The maximum atomic E-state index is 12.6. The fraction of sp³-hybridized carbons (Fsp3) is 0.263. The van der Waals surface area contributed by atoms with E-state index in [1.165, 1.54) is 7.11 Å². The smallest absolute Gasteiger partial charge is 0.338 e. The third-order valence-corrected chi connectivity index (χ3v) is 5.49. The van der Waals surface area contributed by atoms with Crippen molar-refractivity contribution in [2.24, 2.45) is 0 Å². The van der Waals surface area contributed by atoms with Gasteiger partial charge in [-0.15, -0.1) is 0 Å². The number of anilines is 2. The number of nitrogens with one attached hydrogen (secondary N) is 1. The van der Waals surface area contributed by atoms with Gasteiger partial charge in [-0.3, -0.25) is 9.10 Å². The van der Waals surface area contributed by atoms with Crippen LogP contribution in [0.2, 0.25) is 5.02 Å². The fourth-order valence-corrected chi connectivity index (χ4v) is 3.84. The van der Waals surface area contributed by atoms with Crippen molar-refractivity contribution in [2.45, 2.75) is 13.8 Å². The number of ether oxygens (including phenoxy) is 1. The average molecular weight is 425 g/mol. The van der Waals surface area contributed by atoms with Crippen LogP contribution in [0, 0.1) is 13.8 Å². The largest absolute Gasteiger partial charge is 0.465 e. The van der Waals surface area contributed by atoms with Crippen LogP contribution < -0.4 is 9.62 Å². The number of hydrogen-bond donors (Lipinski definition) is 1. The predicted octanol–water partition coefficient (Wildman–Crippen LogP) is 3.15. The molecule has 1 amide bonds. The molecule has 0 aliphatic rings. The van der Waals surface area contributed by atoms with Gasteiger partial charge in [-0.25, -0.2) is 13.2 Å². The molecule has 0 saturated carbocycles. The number of carbonyl (C=O) groups excluding carboxylic acids is 2. The molecule has 150 valence electrons. The molecule has 0 aromatic heterocycles. The van der Waals surface area contributed by atoms with Crippen LogP contribution in [0.25, 0.3) is 0 Å². The summed E-state index contributed by atoms with van der Waals surface area (Å²) < 4.78 is 30.2. The van der Waals surface area contributed by atoms with Gasteiger partial charge in [0.15, 0.2) is 0 Å². The van der Waals surface area contributed by atoms with E-state index in [1.807, 2.05) is 0 Å². The third-order valence-electron chi connectivity index (χ3n) is 4.13. The number of sulfonamides is 1. The lowest BCUT2D eigenvalue weighted by molar-refractivity contribution is -0.114. The number of nitrogens with zero attached hydrogens (tertiary/aromatic N) is 1. The highest BCUT2D eigenvalue weighted by Crippen LogP contribution is 2.26. The summed E-state index contributed by atoms with van der Waals surface area (Å²) in [4.78, 5) is 24.4. The lowest BCUT2D eigenvalue weighted by Crippen LogP contribution is -2.38. The van der Waals surface area contributed by atoms with Crippen LogP contribution in [0.3, 0.4) is 0 Å².